The summed E-state index contributed by atoms with van der Waals surface area (Å²) in [7, 11) is 1.30. The van der Waals surface area contributed by atoms with Crippen LogP contribution in [0.15, 0.2) is 59.0 Å². The second kappa shape index (κ2) is 9.64. The lowest BCUT2D eigenvalue weighted by molar-refractivity contribution is -0.145. The highest BCUT2D eigenvalue weighted by Gasteiger charge is 2.22. The van der Waals surface area contributed by atoms with Crippen molar-refractivity contribution in [3.63, 3.8) is 0 Å². The fourth-order valence-electron chi connectivity index (χ4n) is 2.84. The number of ether oxygens (including phenoxy) is 1. The predicted molar refractivity (Wildman–Crippen MR) is 107 cm³/mol. The van der Waals surface area contributed by atoms with Crippen LogP contribution in [0.2, 0.25) is 0 Å². The van der Waals surface area contributed by atoms with Gasteiger partial charge in [0.1, 0.15) is 6.04 Å². The Morgan fingerprint density at radius 2 is 1.79 bits per heavy atom. The van der Waals surface area contributed by atoms with Crippen molar-refractivity contribution in [2.75, 3.05) is 7.11 Å². The molecule has 0 spiro atoms. The molecule has 2 aromatic carbocycles. The highest BCUT2D eigenvalue weighted by molar-refractivity contribution is 5.84. The van der Waals surface area contributed by atoms with Crippen LogP contribution in [0.4, 0.5) is 0 Å². The highest BCUT2D eigenvalue weighted by Crippen LogP contribution is 2.18. The average Bonchev–Trinajstić information content (AvgIpc) is 3.21. The number of nitrogens with one attached hydrogen (secondary N) is 1. The van der Waals surface area contributed by atoms with Crippen molar-refractivity contribution in [1.82, 2.24) is 15.5 Å². The first kappa shape index (κ1) is 20.3. The van der Waals surface area contributed by atoms with Gasteiger partial charge in [0.05, 0.1) is 7.11 Å². The topological polar surface area (TPSA) is 94.3 Å². The number of benzene rings is 2. The van der Waals surface area contributed by atoms with Crippen LogP contribution in [0.5, 0.6) is 0 Å². The molecule has 7 heteroatoms. The summed E-state index contributed by atoms with van der Waals surface area (Å²) in [5.41, 5.74) is 2.90. The molecule has 29 heavy (non-hydrogen) atoms. The molecular weight excluding hydrogens is 370 g/mol. The zero-order chi connectivity index (χ0) is 20.6. The molecule has 0 aliphatic heterocycles. The van der Waals surface area contributed by atoms with E-state index in [0.717, 1.165) is 16.7 Å². The number of aryl methyl sites for hydroxylation is 2. The van der Waals surface area contributed by atoms with E-state index >= 15 is 0 Å². The van der Waals surface area contributed by atoms with Crippen LogP contribution >= 0.6 is 0 Å². The molecule has 0 bridgehead atoms. The number of hydrogen-bond acceptors (Lipinski definition) is 6. The third-order valence-corrected chi connectivity index (χ3v) is 4.43. The van der Waals surface area contributed by atoms with Gasteiger partial charge >= 0.3 is 5.97 Å². The van der Waals surface area contributed by atoms with Gasteiger partial charge in [0.15, 0.2) is 0 Å². The fraction of sp³-hybridized carbons (Fsp3) is 0.273. The molecule has 3 aromatic rings. The summed E-state index contributed by atoms with van der Waals surface area (Å²) in [6, 6.07) is 16.4. The third kappa shape index (κ3) is 5.75. The largest absolute Gasteiger partial charge is 0.467 e. The molecule has 1 N–H and O–H groups in total. The van der Waals surface area contributed by atoms with Crippen LogP contribution in [-0.4, -0.2) is 35.2 Å². The number of rotatable bonds is 8. The van der Waals surface area contributed by atoms with Gasteiger partial charge in [-0.2, -0.15) is 0 Å². The molecule has 0 radical (unpaired) electrons. The first-order chi connectivity index (χ1) is 14.0. The van der Waals surface area contributed by atoms with Crippen molar-refractivity contribution in [3.8, 4) is 11.5 Å². The summed E-state index contributed by atoms with van der Waals surface area (Å²) in [5, 5.41) is 10.8. The van der Waals surface area contributed by atoms with Crippen LogP contribution < -0.4 is 5.32 Å². The smallest absolute Gasteiger partial charge is 0.328 e. The predicted octanol–water partition coefficient (Wildman–Crippen LogP) is 2.88. The van der Waals surface area contributed by atoms with Gasteiger partial charge in [-0.1, -0.05) is 48.0 Å². The van der Waals surface area contributed by atoms with E-state index in [2.05, 4.69) is 15.5 Å². The molecule has 0 saturated heterocycles. The molecule has 150 valence electrons. The number of carbonyl (C=O) groups excluding carboxylic acids is 2. The summed E-state index contributed by atoms with van der Waals surface area (Å²) in [4.78, 5) is 24.4. The van der Waals surface area contributed by atoms with Crippen LogP contribution in [-0.2, 0) is 27.2 Å². The number of nitrogens with zero attached hydrogens (tertiary/aromatic N) is 2. The average molecular weight is 393 g/mol. The van der Waals surface area contributed by atoms with Gasteiger partial charge in [0, 0.05) is 24.8 Å². The Hall–Kier alpha value is -3.48. The molecule has 1 aromatic heterocycles. The number of esters is 1. The van der Waals surface area contributed by atoms with Crippen molar-refractivity contribution >= 4 is 11.9 Å². The summed E-state index contributed by atoms with van der Waals surface area (Å²) >= 11 is 0. The van der Waals surface area contributed by atoms with Gasteiger partial charge < -0.3 is 14.5 Å². The highest BCUT2D eigenvalue weighted by atomic mass is 16.5. The van der Waals surface area contributed by atoms with Gasteiger partial charge in [-0.15, -0.1) is 10.2 Å². The zero-order valence-electron chi connectivity index (χ0n) is 16.4. The monoisotopic (exact) mass is 393 g/mol. The molecule has 0 saturated carbocycles. The van der Waals surface area contributed by atoms with Crippen LogP contribution in [0.3, 0.4) is 0 Å². The molecule has 0 aliphatic rings. The molecule has 1 atom stereocenters. The number of amides is 1. The second-order valence-corrected chi connectivity index (χ2v) is 6.70. The van der Waals surface area contributed by atoms with Crippen molar-refractivity contribution in [2.24, 2.45) is 0 Å². The molecule has 0 aliphatic carbocycles. The first-order valence-corrected chi connectivity index (χ1v) is 9.35. The Kier molecular flexibility index (Phi) is 6.73. The Bertz CT molecular complexity index is 952. The number of carbonyl (C=O) groups is 2. The third-order valence-electron chi connectivity index (χ3n) is 4.43. The molecular formula is C22H23N3O4. The van der Waals surface area contributed by atoms with Gasteiger partial charge in [-0.25, -0.2) is 4.79 Å². The van der Waals surface area contributed by atoms with Gasteiger partial charge in [-0.3, -0.25) is 4.79 Å². The minimum absolute atomic E-state index is 0.123. The van der Waals surface area contributed by atoms with E-state index in [1.807, 2.05) is 61.5 Å². The summed E-state index contributed by atoms with van der Waals surface area (Å²) in [5.74, 6) is 0.0124. The van der Waals surface area contributed by atoms with Crippen LogP contribution in [0, 0.1) is 6.92 Å². The summed E-state index contributed by atoms with van der Waals surface area (Å²) < 4.78 is 10.4. The van der Waals surface area contributed by atoms with Crippen molar-refractivity contribution in [2.45, 2.75) is 32.2 Å². The van der Waals surface area contributed by atoms with E-state index in [4.69, 9.17) is 9.15 Å². The Labute approximate surface area is 169 Å². The summed E-state index contributed by atoms with van der Waals surface area (Å²) in [6.45, 7) is 2.00. The molecule has 7 nitrogen and oxygen atoms in total. The fourth-order valence-corrected chi connectivity index (χ4v) is 2.84. The van der Waals surface area contributed by atoms with Crippen LogP contribution in [0.1, 0.15) is 23.4 Å². The van der Waals surface area contributed by atoms with E-state index in [1.165, 1.54) is 7.11 Å². The molecule has 3 rings (SSSR count). The standard InChI is InChI=1S/C22H23N3O4/c1-15-8-10-17(11-9-15)21-25-24-20(29-21)13-12-19(26)23-18(22(27)28-2)14-16-6-4-3-5-7-16/h3-11,18H,12-14H2,1-2H3,(H,23,26)/t18-/m0/s1. The quantitative estimate of drug-likeness (QED) is 0.592. The minimum atomic E-state index is -0.749. The molecule has 1 amide bonds. The maximum absolute atomic E-state index is 12.3. The maximum Gasteiger partial charge on any atom is 0.328 e. The molecule has 1 heterocycles. The lowest BCUT2D eigenvalue weighted by Gasteiger charge is -2.16. The van der Waals surface area contributed by atoms with E-state index in [-0.39, 0.29) is 18.7 Å². The van der Waals surface area contributed by atoms with E-state index in [0.29, 0.717) is 18.2 Å². The maximum atomic E-state index is 12.3. The Balaban J connectivity index is 1.56. The molecule has 0 unspecified atom stereocenters. The van der Waals surface area contributed by atoms with Gasteiger partial charge in [-0.05, 0) is 24.6 Å². The lowest BCUT2D eigenvalue weighted by atomic mass is 10.1. The van der Waals surface area contributed by atoms with Crippen molar-refractivity contribution in [1.29, 1.82) is 0 Å². The Morgan fingerprint density at radius 1 is 1.07 bits per heavy atom. The Morgan fingerprint density at radius 3 is 2.48 bits per heavy atom. The second-order valence-electron chi connectivity index (χ2n) is 6.70. The van der Waals surface area contributed by atoms with Crippen molar-refractivity contribution in [3.05, 3.63) is 71.6 Å². The summed E-state index contributed by atoms with van der Waals surface area (Å²) in [6.07, 6.45) is 0.763. The number of aromatic nitrogens is 2. The van der Waals surface area contributed by atoms with E-state index in [1.54, 1.807) is 0 Å². The molecule has 0 fully saturated rings. The zero-order valence-corrected chi connectivity index (χ0v) is 16.4. The minimum Gasteiger partial charge on any atom is -0.467 e. The normalized spacial score (nSPS) is 11.7. The van der Waals surface area contributed by atoms with Gasteiger partial charge in [0.25, 0.3) is 0 Å². The van der Waals surface area contributed by atoms with Gasteiger partial charge in [0.2, 0.25) is 17.7 Å². The van der Waals surface area contributed by atoms with E-state index < -0.39 is 12.0 Å². The lowest BCUT2D eigenvalue weighted by Crippen LogP contribution is -2.43. The number of methoxy groups -OCH3 is 1. The SMILES string of the molecule is COC(=O)[C@H](Cc1ccccc1)NC(=O)CCc1nnc(-c2ccc(C)cc2)o1. The van der Waals surface area contributed by atoms with Crippen LogP contribution in [0.25, 0.3) is 11.5 Å². The van der Waals surface area contributed by atoms with Crippen molar-refractivity contribution < 1.29 is 18.7 Å². The first-order valence-electron chi connectivity index (χ1n) is 9.35. The number of hydrogen-bond donors (Lipinski definition) is 1. The van der Waals surface area contributed by atoms with E-state index in [9.17, 15) is 9.59 Å².